The quantitative estimate of drug-likeness (QED) is 0.822. The number of rotatable bonds is 5. The van der Waals surface area contributed by atoms with Gasteiger partial charge in [-0.05, 0) is 5.56 Å². The molecule has 0 saturated carbocycles. The first-order valence-corrected chi connectivity index (χ1v) is 7.27. The fourth-order valence-corrected chi connectivity index (χ4v) is 2.33. The number of hydrogen-bond donors (Lipinski definition) is 1. The van der Waals surface area contributed by atoms with Crippen LogP contribution in [0, 0.1) is 0 Å². The summed E-state index contributed by atoms with van der Waals surface area (Å²) >= 11 is 0. The van der Waals surface area contributed by atoms with Gasteiger partial charge in [0.25, 0.3) is 0 Å². The van der Waals surface area contributed by atoms with Crippen molar-refractivity contribution in [2.24, 2.45) is 0 Å². The average Bonchev–Trinajstić information content (AvgIpc) is 2.61. The number of nitrogens with zero attached hydrogens (tertiary/aromatic N) is 5. The Bertz CT molecular complexity index is 612. The smallest absolute Gasteiger partial charge is 0.247 e. The van der Waals surface area contributed by atoms with Crippen molar-refractivity contribution < 1.29 is 4.79 Å². The first-order valence-electron chi connectivity index (χ1n) is 7.27. The Labute approximate surface area is 129 Å². The molecule has 1 aromatic carbocycles. The highest BCUT2D eigenvalue weighted by atomic mass is 16.1. The number of carbonyl (C=O) groups is 1. The molecule has 2 aromatic rings. The standard InChI is InChI=1S/C15H18N6O/c22-12-20-6-8-21(9-7-20)15-18-14(11-17-19-15)16-10-13-4-2-1-3-5-13/h1-5,11-12H,6-10H2,(H,16,18,19). The Morgan fingerprint density at radius 2 is 1.91 bits per heavy atom. The summed E-state index contributed by atoms with van der Waals surface area (Å²) in [6, 6.07) is 10.1. The molecule has 0 spiro atoms. The highest BCUT2D eigenvalue weighted by Gasteiger charge is 2.18. The van der Waals surface area contributed by atoms with E-state index in [1.165, 1.54) is 5.56 Å². The van der Waals surface area contributed by atoms with E-state index in [4.69, 9.17) is 0 Å². The highest BCUT2D eigenvalue weighted by molar-refractivity contribution is 5.48. The summed E-state index contributed by atoms with van der Waals surface area (Å²) < 4.78 is 0. The van der Waals surface area contributed by atoms with Crippen molar-refractivity contribution >= 4 is 18.2 Å². The number of hydrogen-bond acceptors (Lipinski definition) is 6. The summed E-state index contributed by atoms with van der Waals surface area (Å²) in [5, 5.41) is 11.4. The van der Waals surface area contributed by atoms with E-state index in [2.05, 4.69) is 32.6 Å². The number of nitrogens with one attached hydrogen (secondary N) is 1. The third kappa shape index (κ3) is 3.49. The molecular weight excluding hydrogens is 280 g/mol. The summed E-state index contributed by atoms with van der Waals surface area (Å²) in [7, 11) is 0. The summed E-state index contributed by atoms with van der Waals surface area (Å²) in [5.41, 5.74) is 1.18. The molecule has 1 aliphatic heterocycles. The van der Waals surface area contributed by atoms with Crippen molar-refractivity contribution in [3.63, 3.8) is 0 Å². The first-order chi connectivity index (χ1) is 10.8. The molecule has 0 atom stereocenters. The Hall–Kier alpha value is -2.70. The lowest BCUT2D eigenvalue weighted by molar-refractivity contribution is -0.118. The predicted octanol–water partition coefficient (Wildman–Crippen LogP) is 0.762. The normalized spacial score (nSPS) is 14.7. The molecule has 1 aliphatic rings. The molecule has 0 aliphatic carbocycles. The van der Waals surface area contributed by atoms with Crippen LogP contribution in [0.15, 0.2) is 36.5 Å². The van der Waals surface area contributed by atoms with Crippen molar-refractivity contribution in [1.29, 1.82) is 0 Å². The van der Waals surface area contributed by atoms with Gasteiger partial charge in [-0.25, -0.2) is 0 Å². The third-order valence-corrected chi connectivity index (χ3v) is 3.61. The molecule has 0 bridgehead atoms. The predicted molar refractivity (Wildman–Crippen MR) is 83.4 cm³/mol. The van der Waals surface area contributed by atoms with Crippen LogP contribution < -0.4 is 10.2 Å². The lowest BCUT2D eigenvalue weighted by atomic mass is 10.2. The minimum atomic E-state index is 0.601. The fraction of sp³-hybridized carbons (Fsp3) is 0.333. The maximum Gasteiger partial charge on any atom is 0.247 e. The van der Waals surface area contributed by atoms with Gasteiger partial charge in [-0.3, -0.25) is 4.79 Å². The van der Waals surface area contributed by atoms with E-state index in [1.807, 2.05) is 23.1 Å². The molecule has 1 aromatic heterocycles. The van der Waals surface area contributed by atoms with Gasteiger partial charge in [-0.1, -0.05) is 30.3 Å². The maximum absolute atomic E-state index is 10.7. The largest absolute Gasteiger partial charge is 0.365 e. The van der Waals surface area contributed by atoms with Crippen LogP contribution in [0.5, 0.6) is 0 Å². The molecular formula is C15H18N6O. The van der Waals surface area contributed by atoms with Gasteiger partial charge in [0.1, 0.15) is 0 Å². The fourth-order valence-electron chi connectivity index (χ4n) is 2.33. The van der Waals surface area contributed by atoms with E-state index in [0.29, 0.717) is 31.4 Å². The first kappa shape index (κ1) is 14.2. The van der Waals surface area contributed by atoms with Crippen LogP contribution in [-0.4, -0.2) is 52.7 Å². The van der Waals surface area contributed by atoms with Crippen molar-refractivity contribution in [3.05, 3.63) is 42.1 Å². The Balaban J connectivity index is 1.61. The lowest BCUT2D eigenvalue weighted by Crippen LogP contribution is -2.46. The molecule has 1 N–H and O–H groups in total. The third-order valence-electron chi connectivity index (χ3n) is 3.61. The Morgan fingerprint density at radius 1 is 1.14 bits per heavy atom. The molecule has 7 heteroatoms. The van der Waals surface area contributed by atoms with Crippen LogP contribution >= 0.6 is 0 Å². The topological polar surface area (TPSA) is 74.2 Å². The van der Waals surface area contributed by atoms with E-state index in [-0.39, 0.29) is 0 Å². The second kappa shape index (κ2) is 6.84. The van der Waals surface area contributed by atoms with Crippen LogP contribution in [0.1, 0.15) is 5.56 Å². The van der Waals surface area contributed by atoms with Crippen LogP contribution in [0.2, 0.25) is 0 Å². The monoisotopic (exact) mass is 298 g/mol. The SMILES string of the molecule is O=CN1CCN(c2nncc(NCc3ccccc3)n2)CC1. The van der Waals surface area contributed by atoms with Crippen molar-refractivity contribution in [1.82, 2.24) is 20.1 Å². The zero-order valence-corrected chi connectivity index (χ0v) is 12.2. The molecule has 114 valence electrons. The van der Waals surface area contributed by atoms with Gasteiger partial charge >= 0.3 is 0 Å². The van der Waals surface area contributed by atoms with E-state index < -0.39 is 0 Å². The summed E-state index contributed by atoms with van der Waals surface area (Å²) in [5.74, 6) is 1.30. The van der Waals surface area contributed by atoms with E-state index in [9.17, 15) is 4.79 Å². The van der Waals surface area contributed by atoms with Crippen molar-refractivity contribution in [2.45, 2.75) is 6.54 Å². The molecule has 22 heavy (non-hydrogen) atoms. The summed E-state index contributed by atoms with van der Waals surface area (Å²) in [6.45, 7) is 3.52. The van der Waals surface area contributed by atoms with Crippen molar-refractivity contribution in [3.8, 4) is 0 Å². The van der Waals surface area contributed by atoms with Gasteiger partial charge in [0, 0.05) is 32.7 Å². The molecule has 0 unspecified atom stereocenters. The molecule has 0 radical (unpaired) electrons. The van der Waals surface area contributed by atoms with Gasteiger partial charge in [0.2, 0.25) is 12.4 Å². The second-order valence-corrected chi connectivity index (χ2v) is 5.11. The molecule has 1 fully saturated rings. The number of benzene rings is 1. The number of piperazine rings is 1. The molecule has 1 saturated heterocycles. The van der Waals surface area contributed by atoms with Gasteiger partial charge in [0.15, 0.2) is 5.82 Å². The highest BCUT2D eigenvalue weighted by Crippen LogP contribution is 2.12. The number of aromatic nitrogens is 3. The summed E-state index contributed by atoms with van der Waals surface area (Å²) in [4.78, 5) is 19.0. The van der Waals surface area contributed by atoms with E-state index >= 15 is 0 Å². The van der Waals surface area contributed by atoms with Gasteiger partial charge in [-0.15, -0.1) is 5.10 Å². The number of anilines is 2. The minimum absolute atomic E-state index is 0.601. The molecule has 3 rings (SSSR count). The lowest BCUT2D eigenvalue weighted by Gasteiger charge is -2.32. The van der Waals surface area contributed by atoms with Gasteiger partial charge < -0.3 is 15.1 Å². The minimum Gasteiger partial charge on any atom is -0.365 e. The van der Waals surface area contributed by atoms with Crippen LogP contribution in [0.25, 0.3) is 0 Å². The number of amides is 1. The Morgan fingerprint density at radius 3 is 2.64 bits per heavy atom. The molecule has 2 heterocycles. The molecule has 7 nitrogen and oxygen atoms in total. The zero-order chi connectivity index (χ0) is 15.2. The Kier molecular flexibility index (Phi) is 4.43. The van der Waals surface area contributed by atoms with E-state index in [0.717, 1.165) is 19.5 Å². The zero-order valence-electron chi connectivity index (χ0n) is 12.2. The van der Waals surface area contributed by atoms with Gasteiger partial charge in [0.05, 0.1) is 6.20 Å². The van der Waals surface area contributed by atoms with Crippen LogP contribution in [0.3, 0.4) is 0 Å². The van der Waals surface area contributed by atoms with Gasteiger partial charge in [-0.2, -0.15) is 10.1 Å². The summed E-state index contributed by atoms with van der Waals surface area (Å²) in [6.07, 6.45) is 2.50. The van der Waals surface area contributed by atoms with Crippen LogP contribution in [-0.2, 0) is 11.3 Å². The second-order valence-electron chi connectivity index (χ2n) is 5.11. The van der Waals surface area contributed by atoms with Crippen molar-refractivity contribution in [2.75, 3.05) is 36.4 Å². The molecule has 1 amide bonds. The van der Waals surface area contributed by atoms with Crippen LogP contribution in [0.4, 0.5) is 11.8 Å². The average molecular weight is 298 g/mol. The maximum atomic E-state index is 10.7. The number of carbonyl (C=O) groups excluding carboxylic acids is 1. The van der Waals surface area contributed by atoms with E-state index in [1.54, 1.807) is 11.1 Å².